The molecular formula is C12H19NO. The van der Waals surface area contributed by atoms with Crippen LogP contribution in [0, 0.1) is 0 Å². The minimum atomic E-state index is -0.0194. The Hall–Kier alpha value is -0.790. The fourth-order valence-electron chi connectivity index (χ4n) is 2.37. The van der Waals surface area contributed by atoms with Gasteiger partial charge in [0, 0.05) is 17.7 Å². The van der Waals surface area contributed by atoms with Crippen molar-refractivity contribution in [1.82, 2.24) is 4.90 Å². The Kier molecular flexibility index (Phi) is 2.17. The van der Waals surface area contributed by atoms with Crippen LogP contribution in [-0.4, -0.2) is 22.9 Å². The highest BCUT2D eigenvalue weighted by Gasteiger charge is 2.36. The first-order valence-electron chi connectivity index (χ1n) is 5.53. The molecule has 2 rings (SSSR count). The van der Waals surface area contributed by atoms with Crippen LogP contribution in [0.3, 0.4) is 0 Å². The summed E-state index contributed by atoms with van der Waals surface area (Å²) in [5.41, 5.74) is 2.52. The summed E-state index contributed by atoms with van der Waals surface area (Å²) in [5.74, 6) is 0.298. The second-order valence-electron chi connectivity index (χ2n) is 5.35. The summed E-state index contributed by atoms with van der Waals surface area (Å²) in [4.78, 5) is 14.1. The molecule has 0 radical (unpaired) electrons. The smallest absolute Gasteiger partial charge is 0.250 e. The summed E-state index contributed by atoms with van der Waals surface area (Å²) >= 11 is 0. The van der Waals surface area contributed by atoms with Crippen molar-refractivity contribution in [3.8, 4) is 0 Å². The second-order valence-corrected chi connectivity index (χ2v) is 5.35. The van der Waals surface area contributed by atoms with Crippen molar-refractivity contribution in [1.29, 1.82) is 0 Å². The lowest BCUT2D eigenvalue weighted by molar-refractivity contribution is -0.129. The fraction of sp³-hybridized carbons (Fsp3) is 0.750. The van der Waals surface area contributed by atoms with Gasteiger partial charge in [-0.05, 0) is 52.0 Å². The predicted octanol–water partition coefficient (Wildman–Crippen LogP) is 2.50. The summed E-state index contributed by atoms with van der Waals surface area (Å²) in [6.07, 6.45) is 4.63. The number of nitrogens with zero attached hydrogens (tertiary/aromatic N) is 1. The van der Waals surface area contributed by atoms with Crippen LogP contribution in [0.1, 0.15) is 46.5 Å². The maximum absolute atomic E-state index is 12.1. The topological polar surface area (TPSA) is 20.3 Å². The zero-order chi connectivity index (χ0) is 10.3. The highest BCUT2D eigenvalue weighted by molar-refractivity contribution is 5.97. The molecule has 1 heterocycles. The van der Waals surface area contributed by atoms with Crippen LogP contribution in [0.4, 0.5) is 0 Å². The first kappa shape index (κ1) is 9.75. The summed E-state index contributed by atoms with van der Waals surface area (Å²) < 4.78 is 0. The van der Waals surface area contributed by atoms with Crippen LogP contribution < -0.4 is 0 Å². The Morgan fingerprint density at radius 3 is 2.36 bits per heavy atom. The van der Waals surface area contributed by atoms with Crippen molar-refractivity contribution in [2.75, 3.05) is 6.54 Å². The van der Waals surface area contributed by atoms with Gasteiger partial charge in [-0.2, -0.15) is 0 Å². The van der Waals surface area contributed by atoms with E-state index in [9.17, 15) is 4.79 Å². The average molecular weight is 193 g/mol. The van der Waals surface area contributed by atoms with Crippen LogP contribution in [-0.2, 0) is 4.79 Å². The molecule has 0 aromatic carbocycles. The molecular weight excluding hydrogens is 174 g/mol. The molecule has 0 aromatic heterocycles. The molecule has 0 spiro atoms. The quantitative estimate of drug-likeness (QED) is 0.579. The Balaban J connectivity index is 2.22. The fourth-order valence-corrected chi connectivity index (χ4v) is 2.37. The summed E-state index contributed by atoms with van der Waals surface area (Å²) in [6, 6.07) is 0. The highest BCUT2D eigenvalue weighted by atomic mass is 16.2. The van der Waals surface area contributed by atoms with E-state index < -0.39 is 0 Å². The van der Waals surface area contributed by atoms with Gasteiger partial charge in [-0.3, -0.25) is 4.79 Å². The van der Waals surface area contributed by atoms with Crippen molar-refractivity contribution in [2.24, 2.45) is 0 Å². The van der Waals surface area contributed by atoms with Gasteiger partial charge in [0.2, 0.25) is 0 Å². The Bertz CT molecular complexity index is 296. The van der Waals surface area contributed by atoms with Crippen molar-refractivity contribution in [3.05, 3.63) is 11.1 Å². The van der Waals surface area contributed by atoms with Crippen molar-refractivity contribution in [3.63, 3.8) is 0 Å². The Morgan fingerprint density at radius 1 is 1.14 bits per heavy atom. The monoisotopic (exact) mass is 193 g/mol. The number of carbonyl (C=O) groups is 1. The number of carbonyl (C=O) groups excluding carboxylic acids is 1. The molecule has 0 N–H and O–H groups in total. The third-order valence-corrected chi connectivity index (χ3v) is 3.24. The highest BCUT2D eigenvalue weighted by Crippen LogP contribution is 2.34. The van der Waals surface area contributed by atoms with E-state index >= 15 is 0 Å². The van der Waals surface area contributed by atoms with Crippen molar-refractivity contribution >= 4 is 5.91 Å². The maximum atomic E-state index is 12.1. The predicted molar refractivity (Wildman–Crippen MR) is 57.0 cm³/mol. The van der Waals surface area contributed by atoms with Crippen LogP contribution in [0.25, 0.3) is 0 Å². The number of hydrogen-bond donors (Lipinski definition) is 0. The van der Waals surface area contributed by atoms with E-state index in [4.69, 9.17) is 0 Å². The summed E-state index contributed by atoms with van der Waals surface area (Å²) in [5, 5.41) is 0. The third kappa shape index (κ3) is 1.47. The van der Waals surface area contributed by atoms with Crippen LogP contribution >= 0.6 is 0 Å². The van der Waals surface area contributed by atoms with E-state index in [1.54, 1.807) is 0 Å². The van der Waals surface area contributed by atoms with Gasteiger partial charge >= 0.3 is 0 Å². The third-order valence-electron chi connectivity index (χ3n) is 3.24. The van der Waals surface area contributed by atoms with E-state index in [1.807, 2.05) is 4.90 Å². The molecule has 1 amide bonds. The first-order chi connectivity index (χ1) is 6.50. The van der Waals surface area contributed by atoms with Gasteiger partial charge in [0.05, 0.1) is 0 Å². The molecule has 0 saturated carbocycles. The minimum Gasteiger partial charge on any atom is -0.330 e. The van der Waals surface area contributed by atoms with E-state index in [1.165, 1.54) is 18.4 Å². The van der Waals surface area contributed by atoms with Crippen LogP contribution in [0.2, 0.25) is 0 Å². The molecule has 0 bridgehead atoms. The zero-order valence-corrected chi connectivity index (χ0v) is 9.39. The van der Waals surface area contributed by atoms with E-state index in [2.05, 4.69) is 20.8 Å². The van der Waals surface area contributed by atoms with Crippen molar-refractivity contribution < 1.29 is 4.79 Å². The molecule has 0 saturated heterocycles. The van der Waals surface area contributed by atoms with Crippen molar-refractivity contribution in [2.45, 2.75) is 52.0 Å². The molecule has 1 aliphatic heterocycles. The van der Waals surface area contributed by atoms with Gasteiger partial charge in [0.1, 0.15) is 0 Å². The molecule has 78 valence electrons. The number of amides is 1. The van der Waals surface area contributed by atoms with E-state index in [0.29, 0.717) is 5.91 Å². The van der Waals surface area contributed by atoms with Gasteiger partial charge in [-0.1, -0.05) is 0 Å². The Labute approximate surface area is 86.0 Å². The second kappa shape index (κ2) is 3.11. The molecule has 2 nitrogen and oxygen atoms in total. The number of hydrogen-bond acceptors (Lipinski definition) is 1. The largest absolute Gasteiger partial charge is 0.330 e. The van der Waals surface area contributed by atoms with E-state index in [-0.39, 0.29) is 5.54 Å². The van der Waals surface area contributed by atoms with Gasteiger partial charge in [0.15, 0.2) is 0 Å². The number of rotatable bonds is 0. The minimum absolute atomic E-state index is 0.0194. The summed E-state index contributed by atoms with van der Waals surface area (Å²) in [6.45, 7) is 7.23. The molecule has 2 aliphatic rings. The van der Waals surface area contributed by atoms with Gasteiger partial charge in [0.25, 0.3) is 5.91 Å². The molecule has 1 aliphatic carbocycles. The molecule has 2 heteroatoms. The SMILES string of the molecule is CC(C)(C)N1CC2=C(CCCC2)C1=O. The lowest BCUT2D eigenvalue weighted by Crippen LogP contribution is -2.43. The molecule has 0 fully saturated rings. The molecule has 14 heavy (non-hydrogen) atoms. The van der Waals surface area contributed by atoms with Crippen LogP contribution in [0.15, 0.2) is 11.1 Å². The molecule has 0 atom stereocenters. The molecule has 0 unspecified atom stereocenters. The van der Waals surface area contributed by atoms with Crippen LogP contribution in [0.5, 0.6) is 0 Å². The first-order valence-corrected chi connectivity index (χ1v) is 5.53. The maximum Gasteiger partial charge on any atom is 0.250 e. The lowest BCUT2D eigenvalue weighted by atomic mass is 9.94. The zero-order valence-electron chi connectivity index (χ0n) is 9.39. The standard InChI is InChI=1S/C12H19NO/c1-12(2,3)13-8-9-6-4-5-7-10(9)11(13)14/h4-8H2,1-3H3. The van der Waals surface area contributed by atoms with Gasteiger partial charge < -0.3 is 4.90 Å². The molecule has 0 aromatic rings. The van der Waals surface area contributed by atoms with E-state index in [0.717, 1.165) is 25.0 Å². The lowest BCUT2D eigenvalue weighted by Gasteiger charge is -2.32. The Morgan fingerprint density at radius 2 is 1.79 bits per heavy atom. The average Bonchev–Trinajstić information content (AvgIpc) is 2.44. The normalized spacial score (nSPS) is 23.1. The summed E-state index contributed by atoms with van der Waals surface area (Å²) in [7, 11) is 0. The van der Waals surface area contributed by atoms with Gasteiger partial charge in [-0.25, -0.2) is 0 Å². The van der Waals surface area contributed by atoms with Gasteiger partial charge in [-0.15, -0.1) is 0 Å².